The fourth-order valence-electron chi connectivity index (χ4n) is 1.71. The Labute approximate surface area is 109 Å². The number of hydrogen-bond donors (Lipinski definition) is 1. The van der Waals surface area contributed by atoms with Gasteiger partial charge >= 0.3 is 0 Å². The van der Waals surface area contributed by atoms with Crippen molar-refractivity contribution in [3.05, 3.63) is 28.9 Å². The van der Waals surface area contributed by atoms with E-state index < -0.39 is 0 Å². The summed E-state index contributed by atoms with van der Waals surface area (Å²) in [6.07, 6.45) is 1.78. The number of hydrogen-bond acceptors (Lipinski definition) is 3. The molecule has 1 aromatic heterocycles. The molecule has 4 nitrogen and oxygen atoms in total. The lowest BCUT2D eigenvalue weighted by Gasteiger charge is -2.15. The van der Waals surface area contributed by atoms with Crippen molar-refractivity contribution >= 4 is 27.4 Å². The minimum absolute atomic E-state index is 0.675. The number of nitrogen functional groups attached to an aromatic ring is 1. The van der Waals surface area contributed by atoms with Gasteiger partial charge in [0.05, 0.1) is 11.9 Å². The van der Waals surface area contributed by atoms with Gasteiger partial charge in [-0.2, -0.15) is 5.10 Å². The second-order valence-electron chi connectivity index (χ2n) is 4.13. The van der Waals surface area contributed by atoms with E-state index >= 15 is 0 Å². The summed E-state index contributed by atoms with van der Waals surface area (Å²) in [6.45, 7) is 0. The van der Waals surface area contributed by atoms with Crippen molar-refractivity contribution in [1.29, 1.82) is 0 Å². The molecule has 0 fully saturated rings. The summed E-state index contributed by atoms with van der Waals surface area (Å²) in [7, 11) is 5.86. The average molecular weight is 295 g/mol. The highest BCUT2D eigenvalue weighted by atomic mass is 79.9. The zero-order chi connectivity index (χ0) is 12.6. The molecule has 2 aromatic rings. The highest BCUT2D eigenvalue weighted by molar-refractivity contribution is 9.10. The highest BCUT2D eigenvalue weighted by Gasteiger charge is 2.09. The predicted molar refractivity (Wildman–Crippen MR) is 75.1 cm³/mol. The number of aryl methyl sites for hydroxylation is 1. The topological polar surface area (TPSA) is 47.1 Å². The first-order chi connectivity index (χ1) is 8.00. The standard InChI is InChI=1S/C12H15BrN4/c1-16(2)11-5-4-8(6-10(11)13)9-7-15-17(3)12(9)14/h4-7H,14H2,1-3H3. The van der Waals surface area contributed by atoms with Gasteiger partial charge in [-0.1, -0.05) is 6.07 Å². The molecule has 17 heavy (non-hydrogen) atoms. The minimum atomic E-state index is 0.675. The van der Waals surface area contributed by atoms with Gasteiger partial charge in [0, 0.05) is 31.2 Å². The van der Waals surface area contributed by atoms with Crippen LogP contribution in [0.1, 0.15) is 0 Å². The molecule has 2 rings (SSSR count). The molecule has 2 N–H and O–H groups in total. The normalized spacial score (nSPS) is 10.6. The van der Waals surface area contributed by atoms with Crippen LogP contribution in [0.5, 0.6) is 0 Å². The third-order valence-corrected chi connectivity index (χ3v) is 3.36. The molecular weight excluding hydrogens is 280 g/mol. The summed E-state index contributed by atoms with van der Waals surface area (Å²) in [6, 6.07) is 6.17. The molecule has 0 unspecified atom stereocenters. The highest BCUT2D eigenvalue weighted by Crippen LogP contribution is 2.32. The van der Waals surface area contributed by atoms with Gasteiger partial charge in [-0.25, -0.2) is 0 Å². The Morgan fingerprint density at radius 3 is 2.53 bits per heavy atom. The number of rotatable bonds is 2. The summed E-state index contributed by atoms with van der Waals surface area (Å²) >= 11 is 3.57. The van der Waals surface area contributed by atoms with Gasteiger partial charge in [0.25, 0.3) is 0 Å². The van der Waals surface area contributed by atoms with Crippen LogP contribution in [0.4, 0.5) is 11.5 Å². The van der Waals surface area contributed by atoms with E-state index in [0.29, 0.717) is 5.82 Å². The third kappa shape index (κ3) is 2.15. The van der Waals surface area contributed by atoms with E-state index in [1.54, 1.807) is 10.9 Å². The fourth-order valence-corrected chi connectivity index (χ4v) is 2.44. The van der Waals surface area contributed by atoms with Gasteiger partial charge in [-0.05, 0) is 33.6 Å². The van der Waals surface area contributed by atoms with Crippen LogP contribution in [0, 0.1) is 0 Å². The van der Waals surface area contributed by atoms with Gasteiger partial charge in [0.1, 0.15) is 5.82 Å². The van der Waals surface area contributed by atoms with E-state index in [9.17, 15) is 0 Å². The maximum absolute atomic E-state index is 5.96. The maximum Gasteiger partial charge on any atom is 0.129 e. The minimum Gasteiger partial charge on any atom is -0.383 e. The monoisotopic (exact) mass is 294 g/mol. The van der Waals surface area contributed by atoms with Crippen LogP contribution in [0.3, 0.4) is 0 Å². The van der Waals surface area contributed by atoms with Gasteiger partial charge in [0.15, 0.2) is 0 Å². The number of nitrogens with two attached hydrogens (primary N) is 1. The molecule has 5 heteroatoms. The molecule has 1 heterocycles. The number of anilines is 2. The lowest BCUT2D eigenvalue weighted by Crippen LogP contribution is -2.09. The van der Waals surface area contributed by atoms with E-state index in [2.05, 4.69) is 38.1 Å². The first-order valence-electron chi connectivity index (χ1n) is 5.25. The van der Waals surface area contributed by atoms with Crippen LogP contribution in [-0.2, 0) is 7.05 Å². The summed E-state index contributed by atoms with van der Waals surface area (Å²) in [5, 5.41) is 4.15. The van der Waals surface area contributed by atoms with Gasteiger partial charge < -0.3 is 10.6 Å². The van der Waals surface area contributed by atoms with E-state index in [1.807, 2.05) is 27.2 Å². The molecule has 0 saturated heterocycles. The zero-order valence-corrected chi connectivity index (χ0v) is 11.7. The van der Waals surface area contributed by atoms with Crippen LogP contribution >= 0.6 is 15.9 Å². The number of benzene rings is 1. The first-order valence-corrected chi connectivity index (χ1v) is 6.04. The Bertz CT molecular complexity index is 545. The van der Waals surface area contributed by atoms with Crippen LogP contribution in [0.2, 0.25) is 0 Å². The smallest absolute Gasteiger partial charge is 0.129 e. The fraction of sp³-hybridized carbons (Fsp3) is 0.250. The Morgan fingerprint density at radius 2 is 2.06 bits per heavy atom. The summed E-state index contributed by atoms with van der Waals surface area (Å²) < 4.78 is 2.71. The van der Waals surface area contributed by atoms with Crippen LogP contribution < -0.4 is 10.6 Å². The average Bonchev–Trinajstić information content (AvgIpc) is 2.59. The number of nitrogens with zero attached hydrogens (tertiary/aromatic N) is 3. The molecule has 0 spiro atoms. The molecule has 0 aliphatic carbocycles. The Balaban J connectivity index is 2.48. The summed E-state index contributed by atoms with van der Waals surface area (Å²) in [5.41, 5.74) is 9.11. The van der Waals surface area contributed by atoms with Gasteiger partial charge in [-0.15, -0.1) is 0 Å². The molecule has 0 aliphatic rings. The number of halogens is 1. The first kappa shape index (κ1) is 12.0. The molecule has 0 bridgehead atoms. The lowest BCUT2D eigenvalue weighted by atomic mass is 10.1. The van der Waals surface area contributed by atoms with Crippen molar-refractivity contribution in [2.75, 3.05) is 24.7 Å². The van der Waals surface area contributed by atoms with Gasteiger partial charge in [0.2, 0.25) is 0 Å². The quantitative estimate of drug-likeness (QED) is 0.926. The second kappa shape index (κ2) is 4.41. The van der Waals surface area contributed by atoms with Crippen LogP contribution in [0.15, 0.2) is 28.9 Å². The predicted octanol–water partition coefficient (Wildman–Crippen LogP) is 2.50. The zero-order valence-electron chi connectivity index (χ0n) is 10.1. The number of aromatic nitrogens is 2. The SMILES string of the molecule is CN(C)c1ccc(-c2cnn(C)c2N)cc1Br. The second-order valence-corrected chi connectivity index (χ2v) is 4.98. The van der Waals surface area contributed by atoms with E-state index in [-0.39, 0.29) is 0 Å². The van der Waals surface area contributed by atoms with E-state index in [4.69, 9.17) is 5.73 Å². The molecule has 0 atom stereocenters. The largest absolute Gasteiger partial charge is 0.383 e. The summed E-state index contributed by atoms with van der Waals surface area (Å²) in [5.74, 6) is 0.675. The van der Waals surface area contributed by atoms with Crippen LogP contribution in [0.25, 0.3) is 11.1 Å². The lowest BCUT2D eigenvalue weighted by molar-refractivity contribution is 0.779. The van der Waals surface area contributed by atoms with Crippen molar-refractivity contribution in [1.82, 2.24) is 9.78 Å². The van der Waals surface area contributed by atoms with E-state index in [1.165, 1.54) is 0 Å². The molecular formula is C12H15BrN4. The molecule has 0 radical (unpaired) electrons. The van der Waals surface area contributed by atoms with Crippen LogP contribution in [-0.4, -0.2) is 23.9 Å². The van der Waals surface area contributed by atoms with E-state index in [0.717, 1.165) is 21.3 Å². The summed E-state index contributed by atoms with van der Waals surface area (Å²) in [4.78, 5) is 2.06. The Hall–Kier alpha value is -1.49. The molecule has 0 aliphatic heterocycles. The van der Waals surface area contributed by atoms with Crippen molar-refractivity contribution in [3.8, 4) is 11.1 Å². The molecule has 0 saturated carbocycles. The third-order valence-electron chi connectivity index (χ3n) is 2.73. The van der Waals surface area contributed by atoms with Crippen molar-refractivity contribution in [2.24, 2.45) is 7.05 Å². The molecule has 90 valence electrons. The maximum atomic E-state index is 5.96. The van der Waals surface area contributed by atoms with Crippen molar-refractivity contribution in [2.45, 2.75) is 0 Å². The molecule has 1 aromatic carbocycles. The van der Waals surface area contributed by atoms with Gasteiger partial charge in [-0.3, -0.25) is 4.68 Å². The Morgan fingerprint density at radius 1 is 1.35 bits per heavy atom. The van der Waals surface area contributed by atoms with Crippen molar-refractivity contribution < 1.29 is 0 Å². The Kier molecular flexibility index (Phi) is 3.11. The van der Waals surface area contributed by atoms with Crippen molar-refractivity contribution in [3.63, 3.8) is 0 Å². The molecule has 0 amide bonds.